The molecule has 0 aliphatic carbocycles. The third-order valence-corrected chi connectivity index (χ3v) is 5.95. The first-order valence-corrected chi connectivity index (χ1v) is 10.6. The minimum Gasteiger partial charge on any atom is -0.298 e. The average Bonchev–Trinajstić information content (AvgIpc) is 3.29. The van der Waals surface area contributed by atoms with Crippen LogP contribution >= 0.6 is 11.3 Å². The van der Waals surface area contributed by atoms with Crippen molar-refractivity contribution >= 4 is 22.4 Å². The molecule has 1 aliphatic rings. The molecular weight excluding hydrogens is 370 g/mol. The Hall–Kier alpha value is -2.51. The first-order valence-electron chi connectivity index (χ1n) is 9.70. The predicted molar refractivity (Wildman–Crippen MR) is 112 cm³/mol. The van der Waals surface area contributed by atoms with E-state index in [1.165, 1.54) is 36.2 Å². The largest absolute Gasteiger partial charge is 0.298 e. The van der Waals surface area contributed by atoms with Crippen LogP contribution in [0.25, 0.3) is 5.69 Å². The molecule has 1 aliphatic heterocycles. The molecule has 3 heterocycles. The minimum atomic E-state index is -0.172. The molecule has 0 saturated carbocycles. The number of carbonyl (C=O) groups is 1. The lowest BCUT2D eigenvalue weighted by molar-refractivity contribution is 0.102. The molecule has 2 aromatic heterocycles. The van der Waals surface area contributed by atoms with Crippen molar-refractivity contribution in [3.8, 4) is 5.69 Å². The lowest BCUT2D eigenvalue weighted by Gasteiger charge is -2.25. The number of thiazole rings is 1. The number of carbonyl (C=O) groups excluding carboxylic acids is 1. The molecule has 0 unspecified atom stereocenters. The predicted octanol–water partition coefficient (Wildman–Crippen LogP) is 4.18. The van der Waals surface area contributed by atoms with Gasteiger partial charge in [0, 0.05) is 11.9 Å². The Kier molecular flexibility index (Phi) is 5.54. The van der Waals surface area contributed by atoms with Crippen LogP contribution in [0.3, 0.4) is 0 Å². The SMILES string of the molecule is Cc1ccc(-n2ncc(C(=O)Nc3nc(CN4CCCCC4)cs3)c2C)cc1. The second-order valence-electron chi connectivity index (χ2n) is 7.33. The highest BCUT2D eigenvalue weighted by Gasteiger charge is 2.17. The van der Waals surface area contributed by atoms with Crippen molar-refractivity contribution < 1.29 is 4.79 Å². The second-order valence-corrected chi connectivity index (χ2v) is 8.18. The maximum atomic E-state index is 12.7. The number of anilines is 1. The molecule has 1 amide bonds. The van der Waals surface area contributed by atoms with Crippen LogP contribution in [0.15, 0.2) is 35.8 Å². The average molecular weight is 396 g/mol. The van der Waals surface area contributed by atoms with Crippen molar-refractivity contribution in [3.63, 3.8) is 0 Å². The van der Waals surface area contributed by atoms with Crippen molar-refractivity contribution in [2.24, 2.45) is 0 Å². The van der Waals surface area contributed by atoms with E-state index in [9.17, 15) is 4.79 Å². The number of aryl methyl sites for hydroxylation is 1. The zero-order chi connectivity index (χ0) is 19.5. The van der Waals surface area contributed by atoms with E-state index in [-0.39, 0.29) is 5.91 Å². The van der Waals surface area contributed by atoms with Crippen molar-refractivity contribution in [2.75, 3.05) is 18.4 Å². The van der Waals surface area contributed by atoms with E-state index in [0.717, 1.165) is 36.7 Å². The Morgan fingerprint density at radius 2 is 1.89 bits per heavy atom. The van der Waals surface area contributed by atoms with E-state index >= 15 is 0 Å². The summed E-state index contributed by atoms with van der Waals surface area (Å²) in [4.78, 5) is 19.7. The minimum absolute atomic E-state index is 0.172. The Bertz CT molecular complexity index is 954. The van der Waals surface area contributed by atoms with Crippen LogP contribution in [0.4, 0.5) is 5.13 Å². The fraction of sp³-hybridized carbons (Fsp3) is 0.381. The third-order valence-electron chi connectivity index (χ3n) is 5.14. The molecule has 6 nitrogen and oxygen atoms in total. The van der Waals surface area contributed by atoms with Gasteiger partial charge in [0.15, 0.2) is 5.13 Å². The van der Waals surface area contributed by atoms with Gasteiger partial charge in [0.25, 0.3) is 5.91 Å². The van der Waals surface area contributed by atoms with Crippen LogP contribution in [-0.4, -0.2) is 38.7 Å². The summed E-state index contributed by atoms with van der Waals surface area (Å²) in [6.45, 7) is 7.08. The number of hydrogen-bond acceptors (Lipinski definition) is 5. The smallest absolute Gasteiger partial charge is 0.260 e. The topological polar surface area (TPSA) is 63.1 Å². The van der Waals surface area contributed by atoms with Crippen molar-refractivity contribution in [1.29, 1.82) is 0 Å². The summed E-state index contributed by atoms with van der Waals surface area (Å²) in [5.74, 6) is -0.172. The maximum Gasteiger partial charge on any atom is 0.260 e. The quantitative estimate of drug-likeness (QED) is 0.704. The van der Waals surface area contributed by atoms with Crippen LogP contribution in [0.2, 0.25) is 0 Å². The molecule has 1 aromatic carbocycles. The van der Waals surface area contributed by atoms with Gasteiger partial charge in [-0.2, -0.15) is 5.10 Å². The number of nitrogens with one attached hydrogen (secondary N) is 1. The number of likely N-dealkylation sites (tertiary alicyclic amines) is 1. The number of rotatable bonds is 5. The summed E-state index contributed by atoms with van der Waals surface area (Å²) in [5.41, 5.74) is 4.53. The van der Waals surface area contributed by atoms with E-state index in [1.54, 1.807) is 10.9 Å². The Morgan fingerprint density at radius 1 is 1.14 bits per heavy atom. The van der Waals surface area contributed by atoms with Crippen molar-refractivity contribution in [3.05, 3.63) is 58.4 Å². The van der Waals surface area contributed by atoms with Crippen LogP contribution in [0.5, 0.6) is 0 Å². The van der Waals surface area contributed by atoms with Gasteiger partial charge < -0.3 is 0 Å². The number of nitrogens with zero attached hydrogens (tertiary/aromatic N) is 4. The van der Waals surface area contributed by atoms with E-state index < -0.39 is 0 Å². The molecule has 3 aromatic rings. The molecule has 4 rings (SSSR count). The monoisotopic (exact) mass is 395 g/mol. The molecule has 0 radical (unpaired) electrons. The van der Waals surface area contributed by atoms with Gasteiger partial charge in [-0.15, -0.1) is 11.3 Å². The summed E-state index contributed by atoms with van der Waals surface area (Å²) >= 11 is 1.47. The van der Waals surface area contributed by atoms with Crippen LogP contribution in [-0.2, 0) is 6.54 Å². The molecule has 146 valence electrons. The Morgan fingerprint density at radius 3 is 2.64 bits per heavy atom. The standard InChI is InChI=1S/C21H25N5OS/c1-15-6-8-18(9-7-15)26-16(2)19(12-22-26)20(27)24-21-23-17(14-28-21)13-25-10-4-3-5-11-25/h6-9,12,14H,3-5,10-11,13H2,1-2H3,(H,23,24,27). The molecule has 0 spiro atoms. The number of piperidine rings is 1. The molecule has 7 heteroatoms. The number of hydrogen-bond donors (Lipinski definition) is 1. The summed E-state index contributed by atoms with van der Waals surface area (Å²) < 4.78 is 1.79. The summed E-state index contributed by atoms with van der Waals surface area (Å²) in [6.07, 6.45) is 5.47. The van der Waals surface area contributed by atoms with Gasteiger partial charge in [-0.1, -0.05) is 24.1 Å². The van der Waals surface area contributed by atoms with Crippen molar-refractivity contribution in [1.82, 2.24) is 19.7 Å². The second kappa shape index (κ2) is 8.24. The summed E-state index contributed by atoms with van der Waals surface area (Å²) in [7, 11) is 0. The zero-order valence-corrected chi connectivity index (χ0v) is 17.1. The van der Waals surface area contributed by atoms with Crippen LogP contribution in [0, 0.1) is 13.8 Å². The molecular formula is C21H25N5OS. The van der Waals surface area contributed by atoms with Gasteiger partial charge in [0.05, 0.1) is 28.8 Å². The van der Waals surface area contributed by atoms with Crippen LogP contribution < -0.4 is 5.32 Å². The number of aromatic nitrogens is 3. The third kappa shape index (κ3) is 4.15. The molecule has 0 atom stereocenters. The lowest BCUT2D eigenvalue weighted by Crippen LogP contribution is -2.29. The Labute approximate surface area is 169 Å². The molecule has 0 bridgehead atoms. The Balaban J connectivity index is 1.43. The fourth-order valence-corrected chi connectivity index (χ4v) is 4.22. The van der Waals surface area contributed by atoms with Gasteiger partial charge in [-0.05, 0) is 51.9 Å². The fourth-order valence-electron chi connectivity index (χ4n) is 3.53. The van der Waals surface area contributed by atoms with Crippen molar-refractivity contribution in [2.45, 2.75) is 39.7 Å². The highest BCUT2D eigenvalue weighted by atomic mass is 32.1. The van der Waals surface area contributed by atoms with E-state index in [1.807, 2.05) is 43.5 Å². The first-order chi connectivity index (χ1) is 13.6. The molecule has 28 heavy (non-hydrogen) atoms. The summed E-state index contributed by atoms with van der Waals surface area (Å²) in [6, 6.07) is 8.08. The van der Waals surface area contributed by atoms with Gasteiger partial charge >= 0.3 is 0 Å². The highest BCUT2D eigenvalue weighted by molar-refractivity contribution is 7.14. The zero-order valence-electron chi connectivity index (χ0n) is 16.3. The first kappa shape index (κ1) is 18.8. The highest BCUT2D eigenvalue weighted by Crippen LogP contribution is 2.21. The van der Waals surface area contributed by atoms with E-state index in [2.05, 4.69) is 20.3 Å². The molecule has 1 fully saturated rings. The van der Waals surface area contributed by atoms with Gasteiger partial charge in [-0.3, -0.25) is 15.0 Å². The summed E-state index contributed by atoms with van der Waals surface area (Å²) in [5, 5.41) is 9.99. The lowest BCUT2D eigenvalue weighted by atomic mass is 10.1. The van der Waals surface area contributed by atoms with Gasteiger partial charge in [-0.25, -0.2) is 9.67 Å². The van der Waals surface area contributed by atoms with Crippen LogP contribution in [0.1, 0.15) is 46.6 Å². The van der Waals surface area contributed by atoms with E-state index in [0.29, 0.717) is 10.7 Å². The number of benzene rings is 1. The van der Waals surface area contributed by atoms with Gasteiger partial charge in [0.2, 0.25) is 0 Å². The normalized spacial score (nSPS) is 14.9. The maximum absolute atomic E-state index is 12.7. The van der Waals surface area contributed by atoms with E-state index in [4.69, 9.17) is 0 Å². The number of amides is 1. The molecule has 1 N–H and O–H groups in total. The molecule has 1 saturated heterocycles. The van der Waals surface area contributed by atoms with Gasteiger partial charge in [0.1, 0.15) is 0 Å².